The fourth-order valence-corrected chi connectivity index (χ4v) is 3.00. The van der Waals surface area contributed by atoms with E-state index in [1.54, 1.807) is 0 Å². The Balaban J connectivity index is 1.64. The number of methoxy groups -OCH3 is 1. The lowest BCUT2D eigenvalue weighted by molar-refractivity contribution is -0.142. The van der Waals surface area contributed by atoms with Gasteiger partial charge < -0.3 is 10.1 Å². The molecule has 0 spiro atoms. The molecule has 0 atom stereocenters. The van der Waals surface area contributed by atoms with Crippen molar-refractivity contribution in [2.24, 2.45) is 5.92 Å². The third-order valence-electron chi connectivity index (χ3n) is 4.44. The van der Waals surface area contributed by atoms with Gasteiger partial charge in [0, 0.05) is 12.5 Å². The molecular weight excluding hydrogens is 365 g/mol. The Morgan fingerprint density at radius 1 is 1.30 bits per heavy atom. The van der Waals surface area contributed by atoms with Gasteiger partial charge in [-0.05, 0) is 30.9 Å². The number of amides is 1. The van der Waals surface area contributed by atoms with E-state index in [0.717, 1.165) is 16.9 Å². The Morgan fingerprint density at radius 3 is 2.67 bits per heavy atom. The minimum Gasteiger partial charge on any atom is -0.469 e. The van der Waals surface area contributed by atoms with E-state index >= 15 is 0 Å². The van der Waals surface area contributed by atoms with Crippen molar-refractivity contribution in [3.05, 3.63) is 41.7 Å². The van der Waals surface area contributed by atoms with E-state index in [4.69, 9.17) is 0 Å². The first-order valence-corrected chi connectivity index (χ1v) is 8.24. The zero-order chi connectivity index (χ0) is 19.6. The minimum absolute atomic E-state index is 0.0802. The van der Waals surface area contributed by atoms with Crippen LogP contribution in [0.3, 0.4) is 0 Å². The highest BCUT2D eigenvalue weighted by atomic mass is 19.4. The summed E-state index contributed by atoms with van der Waals surface area (Å²) in [5, 5.41) is 10.0. The molecule has 27 heavy (non-hydrogen) atoms. The first kappa shape index (κ1) is 18.9. The summed E-state index contributed by atoms with van der Waals surface area (Å²) in [6.45, 7) is 0. The molecule has 1 amide bonds. The fraction of sp³-hybridized carbons (Fsp3) is 0.412. The van der Waals surface area contributed by atoms with Gasteiger partial charge in [0.15, 0.2) is 5.69 Å². The maximum atomic E-state index is 13.1. The van der Waals surface area contributed by atoms with Crippen LogP contribution in [0.5, 0.6) is 0 Å². The largest absolute Gasteiger partial charge is 0.469 e. The summed E-state index contributed by atoms with van der Waals surface area (Å²) < 4.78 is 44.8. The molecule has 1 N–H and O–H groups in total. The SMILES string of the molecule is COC(=O)CC1CC(NC(=O)c2cn(-c3ccccc3C(F)(F)F)nn2)C1. The second-order valence-electron chi connectivity index (χ2n) is 6.35. The number of hydrogen-bond donors (Lipinski definition) is 1. The number of carbonyl (C=O) groups is 2. The molecule has 1 aromatic carbocycles. The van der Waals surface area contributed by atoms with E-state index < -0.39 is 17.6 Å². The lowest BCUT2D eigenvalue weighted by Crippen LogP contribution is -2.45. The van der Waals surface area contributed by atoms with Gasteiger partial charge in [0.1, 0.15) is 0 Å². The summed E-state index contributed by atoms with van der Waals surface area (Å²) >= 11 is 0. The van der Waals surface area contributed by atoms with E-state index in [-0.39, 0.29) is 29.3 Å². The number of nitrogens with zero attached hydrogens (tertiary/aromatic N) is 3. The maximum absolute atomic E-state index is 13.1. The molecule has 2 aromatic rings. The zero-order valence-corrected chi connectivity index (χ0v) is 14.4. The Labute approximate surface area is 152 Å². The van der Waals surface area contributed by atoms with Crippen molar-refractivity contribution < 1.29 is 27.5 Å². The topological polar surface area (TPSA) is 86.1 Å². The number of rotatable bonds is 5. The van der Waals surface area contributed by atoms with Gasteiger partial charge >= 0.3 is 12.1 Å². The number of para-hydroxylation sites is 1. The number of esters is 1. The predicted octanol–water partition coefficient (Wildman–Crippen LogP) is 2.36. The number of alkyl halides is 3. The third kappa shape index (κ3) is 4.26. The molecular formula is C17H17F3N4O3. The molecule has 1 aromatic heterocycles. The van der Waals surface area contributed by atoms with Crippen molar-refractivity contribution in [1.29, 1.82) is 0 Å². The lowest BCUT2D eigenvalue weighted by atomic mass is 9.78. The second-order valence-corrected chi connectivity index (χ2v) is 6.35. The monoisotopic (exact) mass is 382 g/mol. The molecule has 1 aliphatic rings. The molecule has 3 rings (SSSR count). The molecule has 0 bridgehead atoms. The molecule has 1 saturated carbocycles. The average Bonchev–Trinajstić information content (AvgIpc) is 3.09. The molecule has 144 valence electrons. The fourth-order valence-electron chi connectivity index (χ4n) is 3.00. The Hall–Kier alpha value is -2.91. The summed E-state index contributed by atoms with van der Waals surface area (Å²) in [5.74, 6) is -0.666. The van der Waals surface area contributed by atoms with Crippen molar-refractivity contribution in [2.45, 2.75) is 31.5 Å². The molecule has 1 aliphatic carbocycles. The van der Waals surface area contributed by atoms with Gasteiger partial charge in [0.2, 0.25) is 0 Å². The molecule has 0 radical (unpaired) electrons. The van der Waals surface area contributed by atoms with Crippen LogP contribution in [0.2, 0.25) is 0 Å². The van der Waals surface area contributed by atoms with Gasteiger partial charge in [-0.25, -0.2) is 4.68 Å². The average molecular weight is 382 g/mol. The van der Waals surface area contributed by atoms with Crippen LogP contribution in [-0.4, -0.2) is 40.0 Å². The number of ether oxygens (including phenoxy) is 1. The van der Waals surface area contributed by atoms with Crippen molar-refractivity contribution in [1.82, 2.24) is 20.3 Å². The highest BCUT2D eigenvalue weighted by Gasteiger charge is 2.35. The first-order chi connectivity index (χ1) is 12.8. The predicted molar refractivity (Wildman–Crippen MR) is 87.0 cm³/mol. The van der Waals surface area contributed by atoms with Crippen LogP contribution in [0.4, 0.5) is 13.2 Å². The number of nitrogens with one attached hydrogen (secondary N) is 1. The molecule has 10 heteroatoms. The number of carbonyl (C=O) groups excluding carboxylic acids is 2. The van der Waals surface area contributed by atoms with Gasteiger partial charge in [0.25, 0.3) is 5.91 Å². The van der Waals surface area contributed by atoms with Crippen LogP contribution in [0.15, 0.2) is 30.5 Å². The van der Waals surface area contributed by atoms with Crippen LogP contribution in [0, 0.1) is 5.92 Å². The molecule has 0 saturated heterocycles. The van der Waals surface area contributed by atoms with E-state index in [1.165, 1.54) is 25.3 Å². The third-order valence-corrected chi connectivity index (χ3v) is 4.44. The minimum atomic E-state index is -4.55. The van der Waals surface area contributed by atoms with Crippen molar-refractivity contribution in [3.8, 4) is 5.69 Å². The summed E-state index contributed by atoms with van der Waals surface area (Å²) in [4.78, 5) is 23.4. The lowest BCUT2D eigenvalue weighted by Gasteiger charge is -2.34. The number of halogens is 3. The van der Waals surface area contributed by atoms with Gasteiger partial charge in [-0.1, -0.05) is 17.3 Å². The van der Waals surface area contributed by atoms with Crippen LogP contribution < -0.4 is 5.32 Å². The number of benzene rings is 1. The van der Waals surface area contributed by atoms with Crippen molar-refractivity contribution >= 4 is 11.9 Å². The first-order valence-electron chi connectivity index (χ1n) is 8.24. The Bertz CT molecular complexity index is 844. The molecule has 0 aliphatic heterocycles. The normalized spacial score (nSPS) is 19.3. The van der Waals surface area contributed by atoms with Gasteiger partial charge in [-0.2, -0.15) is 13.2 Å². The molecule has 1 heterocycles. The van der Waals surface area contributed by atoms with Crippen molar-refractivity contribution in [2.75, 3.05) is 7.11 Å². The van der Waals surface area contributed by atoms with Crippen LogP contribution in [0.25, 0.3) is 5.69 Å². The van der Waals surface area contributed by atoms with Crippen LogP contribution in [-0.2, 0) is 15.7 Å². The van der Waals surface area contributed by atoms with Gasteiger partial charge in [0.05, 0.1) is 24.6 Å². The summed E-state index contributed by atoms with van der Waals surface area (Å²) in [6, 6.07) is 4.80. The molecule has 1 fully saturated rings. The van der Waals surface area contributed by atoms with Crippen LogP contribution in [0.1, 0.15) is 35.3 Å². The second kappa shape index (κ2) is 7.37. The summed E-state index contributed by atoms with van der Waals surface area (Å²) in [7, 11) is 1.32. The standard InChI is InChI=1S/C17H17F3N4O3/c1-27-15(25)8-10-6-11(7-10)21-16(26)13-9-24(23-22-13)14-5-3-2-4-12(14)17(18,19)20/h2-5,9-11H,6-8H2,1H3,(H,21,26). The van der Waals surface area contributed by atoms with Crippen LogP contribution >= 0.6 is 0 Å². The number of hydrogen-bond acceptors (Lipinski definition) is 5. The zero-order valence-electron chi connectivity index (χ0n) is 14.4. The van der Waals surface area contributed by atoms with E-state index in [1.807, 2.05) is 0 Å². The van der Waals surface area contributed by atoms with E-state index in [0.29, 0.717) is 19.3 Å². The Kier molecular flexibility index (Phi) is 5.15. The van der Waals surface area contributed by atoms with Crippen molar-refractivity contribution in [3.63, 3.8) is 0 Å². The summed E-state index contributed by atoms with van der Waals surface area (Å²) in [5.41, 5.74) is -1.16. The Morgan fingerprint density at radius 2 is 2.00 bits per heavy atom. The van der Waals surface area contributed by atoms with E-state index in [9.17, 15) is 22.8 Å². The van der Waals surface area contributed by atoms with E-state index in [2.05, 4.69) is 20.4 Å². The summed E-state index contributed by atoms with van der Waals surface area (Å²) in [6.07, 6.45) is -1.83. The maximum Gasteiger partial charge on any atom is 0.418 e. The van der Waals surface area contributed by atoms with Gasteiger partial charge in [-0.3, -0.25) is 9.59 Å². The highest BCUT2D eigenvalue weighted by molar-refractivity contribution is 5.92. The smallest absolute Gasteiger partial charge is 0.418 e. The number of aromatic nitrogens is 3. The van der Waals surface area contributed by atoms with Gasteiger partial charge in [-0.15, -0.1) is 5.10 Å². The highest BCUT2D eigenvalue weighted by Crippen LogP contribution is 2.33. The quantitative estimate of drug-likeness (QED) is 0.803. The molecule has 0 unspecified atom stereocenters. The molecule has 7 nitrogen and oxygen atoms in total.